The van der Waals surface area contributed by atoms with Crippen LogP contribution in [-0.2, 0) is 4.79 Å². The van der Waals surface area contributed by atoms with Crippen LogP contribution in [0.4, 0.5) is 5.13 Å². The molecule has 1 unspecified atom stereocenters. The lowest BCUT2D eigenvalue weighted by atomic mass is 10.0. The summed E-state index contributed by atoms with van der Waals surface area (Å²) in [6.07, 6.45) is 3.09. The van der Waals surface area contributed by atoms with E-state index in [2.05, 4.69) is 15.6 Å². The average Bonchev–Trinajstić information content (AvgIpc) is 3.10. The zero-order valence-electron chi connectivity index (χ0n) is 14.2. The lowest BCUT2D eigenvalue weighted by Gasteiger charge is -2.21. The van der Waals surface area contributed by atoms with Gasteiger partial charge in [0.1, 0.15) is 0 Å². The van der Waals surface area contributed by atoms with Gasteiger partial charge in [-0.1, -0.05) is 6.42 Å². The molecule has 6 nitrogen and oxygen atoms in total. The Hall–Kier alpha value is -1.83. The summed E-state index contributed by atoms with van der Waals surface area (Å²) in [5, 5.41) is 8.67. The first-order valence-electron chi connectivity index (χ1n) is 7.93. The third kappa shape index (κ3) is 4.62. The molecular weight excluding hydrogens is 362 g/mol. The van der Waals surface area contributed by atoms with Crippen LogP contribution in [0.25, 0.3) is 11.3 Å². The zero-order valence-corrected chi connectivity index (χ0v) is 15.8. The highest BCUT2D eigenvalue weighted by Crippen LogP contribution is 2.33. The van der Waals surface area contributed by atoms with E-state index in [0.717, 1.165) is 37.1 Å². The highest BCUT2D eigenvalue weighted by atomic mass is 35.5. The number of rotatable bonds is 5. The van der Waals surface area contributed by atoms with Gasteiger partial charge in [-0.15, -0.1) is 23.7 Å². The summed E-state index contributed by atoms with van der Waals surface area (Å²) in [4.78, 5) is 16.8. The number of carbonyl (C=O) groups excluding carboxylic acids is 1. The number of nitrogens with zero attached hydrogens (tertiary/aromatic N) is 1. The molecule has 2 N–H and O–H groups in total. The molecule has 3 rings (SSSR count). The van der Waals surface area contributed by atoms with Crippen molar-refractivity contribution >= 4 is 34.8 Å². The van der Waals surface area contributed by atoms with Gasteiger partial charge in [-0.3, -0.25) is 4.79 Å². The number of aromatic nitrogens is 1. The number of hydrogen-bond donors (Lipinski definition) is 2. The predicted octanol–water partition coefficient (Wildman–Crippen LogP) is 3.33. The van der Waals surface area contributed by atoms with Crippen molar-refractivity contribution in [1.82, 2.24) is 10.3 Å². The molecule has 0 saturated carbocycles. The standard InChI is InChI=1S/C17H21N3O3S.ClH/c1-22-14-7-6-11(9-15(14)23-2)13-10-24-17(19-13)20-16(21)12-5-3-4-8-18-12;/h6-7,9-10,12,18H,3-5,8H2,1-2H3,(H,19,20,21);1H. The minimum Gasteiger partial charge on any atom is -0.493 e. The summed E-state index contributed by atoms with van der Waals surface area (Å²) in [5.74, 6) is 1.32. The molecule has 0 radical (unpaired) electrons. The fraction of sp³-hybridized carbons (Fsp3) is 0.412. The van der Waals surface area contributed by atoms with E-state index in [9.17, 15) is 4.79 Å². The molecule has 25 heavy (non-hydrogen) atoms. The largest absolute Gasteiger partial charge is 0.493 e. The maximum absolute atomic E-state index is 12.3. The van der Waals surface area contributed by atoms with Crippen LogP contribution in [0.15, 0.2) is 23.6 Å². The van der Waals surface area contributed by atoms with Crippen LogP contribution >= 0.6 is 23.7 Å². The summed E-state index contributed by atoms with van der Waals surface area (Å²) in [6.45, 7) is 0.896. The maximum atomic E-state index is 12.3. The Kier molecular flexibility index (Phi) is 7.04. The molecule has 1 amide bonds. The van der Waals surface area contributed by atoms with E-state index in [1.807, 2.05) is 23.6 Å². The molecule has 8 heteroatoms. The first-order chi connectivity index (χ1) is 11.7. The average molecular weight is 384 g/mol. The Bertz CT molecular complexity index is 717. The van der Waals surface area contributed by atoms with Crippen LogP contribution in [0.3, 0.4) is 0 Å². The number of halogens is 1. The fourth-order valence-corrected chi connectivity index (χ4v) is 3.45. The Morgan fingerprint density at radius 3 is 2.76 bits per heavy atom. The van der Waals surface area contributed by atoms with E-state index in [-0.39, 0.29) is 24.4 Å². The Morgan fingerprint density at radius 1 is 1.28 bits per heavy atom. The summed E-state index contributed by atoms with van der Waals surface area (Å²) >= 11 is 1.42. The smallest absolute Gasteiger partial charge is 0.243 e. The van der Waals surface area contributed by atoms with Gasteiger partial charge in [0.2, 0.25) is 5.91 Å². The van der Waals surface area contributed by atoms with Gasteiger partial charge in [0.05, 0.1) is 26.0 Å². The molecule has 1 aromatic carbocycles. The summed E-state index contributed by atoms with van der Waals surface area (Å²) in [7, 11) is 3.21. The van der Waals surface area contributed by atoms with Crippen LogP contribution < -0.4 is 20.1 Å². The number of ether oxygens (including phenoxy) is 2. The predicted molar refractivity (Wildman–Crippen MR) is 102 cm³/mol. The molecule has 1 aliphatic heterocycles. The first kappa shape index (κ1) is 19.5. The van der Waals surface area contributed by atoms with Crippen LogP contribution in [0.5, 0.6) is 11.5 Å². The van der Waals surface area contributed by atoms with Crippen molar-refractivity contribution in [3.63, 3.8) is 0 Å². The molecule has 1 fully saturated rings. The molecule has 0 bridgehead atoms. The molecule has 1 aliphatic rings. The van der Waals surface area contributed by atoms with Crippen molar-refractivity contribution in [3.8, 4) is 22.8 Å². The van der Waals surface area contributed by atoms with Gasteiger partial charge in [-0.05, 0) is 37.6 Å². The van der Waals surface area contributed by atoms with Crippen LogP contribution in [0.1, 0.15) is 19.3 Å². The quantitative estimate of drug-likeness (QED) is 0.828. The lowest BCUT2D eigenvalue weighted by Crippen LogP contribution is -2.43. The van der Waals surface area contributed by atoms with Gasteiger partial charge < -0.3 is 20.1 Å². The number of methoxy groups -OCH3 is 2. The van der Waals surface area contributed by atoms with E-state index in [0.29, 0.717) is 16.6 Å². The number of benzene rings is 1. The van der Waals surface area contributed by atoms with Crippen molar-refractivity contribution in [2.24, 2.45) is 0 Å². The Balaban J connectivity index is 0.00000225. The second-order valence-corrected chi connectivity index (χ2v) is 6.46. The van der Waals surface area contributed by atoms with Crippen LogP contribution in [0, 0.1) is 0 Å². The molecule has 1 atom stereocenters. The number of thiazole rings is 1. The van der Waals surface area contributed by atoms with Crippen LogP contribution in [0.2, 0.25) is 0 Å². The minimum absolute atomic E-state index is 0. The van der Waals surface area contributed by atoms with E-state index in [4.69, 9.17) is 9.47 Å². The number of carbonyl (C=O) groups is 1. The van der Waals surface area contributed by atoms with Crippen molar-refractivity contribution in [2.45, 2.75) is 25.3 Å². The number of amides is 1. The Morgan fingerprint density at radius 2 is 2.08 bits per heavy atom. The monoisotopic (exact) mass is 383 g/mol. The molecule has 1 aromatic heterocycles. The summed E-state index contributed by atoms with van der Waals surface area (Å²) in [6, 6.07) is 5.53. The molecule has 2 aromatic rings. The lowest BCUT2D eigenvalue weighted by molar-refractivity contribution is -0.118. The van der Waals surface area contributed by atoms with E-state index in [1.165, 1.54) is 11.3 Å². The number of hydrogen-bond acceptors (Lipinski definition) is 6. The Labute approximate surface area is 157 Å². The number of nitrogens with one attached hydrogen (secondary N) is 2. The maximum Gasteiger partial charge on any atom is 0.243 e. The second-order valence-electron chi connectivity index (χ2n) is 5.60. The first-order valence-corrected chi connectivity index (χ1v) is 8.81. The van der Waals surface area contributed by atoms with Crippen molar-refractivity contribution in [3.05, 3.63) is 23.6 Å². The summed E-state index contributed by atoms with van der Waals surface area (Å²) < 4.78 is 10.6. The zero-order chi connectivity index (χ0) is 16.9. The molecule has 1 saturated heterocycles. The highest BCUT2D eigenvalue weighted by molar-refractivity contribution is 7.14. The molecule has 0 aliphatic carbocycles. The third-order valence-corrected chi connectivity index (χ3v) is 4.80. The molecule has 136 valence electrons. The molecule has 2 heterocycles. The third-order valence-electron chi connectivity index (χ3n) is 4.04. The van der Waals surface area contributed by atoms with Gasteiger partial charge in [0.15, 0.2) is 16.6 Å². The number of piperidine rings is 1. The van der Waals surface area contributed by atoms with Gasteiger partial charge in [0, 0.05) is 10.9 Å². The minimum atomic E-state index is -0.118. The van der Waals surface area contributed by atoms with Crippen molar-refractivity contribution in [2.75, 3.05) is 26.1 Å². The fourth-order valence-electron chi connectivity index (χ4n) is 2.73. The normalized spacial score (nSPS) is 16.6. The highest BCUT2D eigenvalue weighted by Gasteiger charge is 2.21. The SMILES string of the molecule is COc1ccc(-c2csc(NC(=O)C3CCCCN3)n2)cc1OC.Cl. The van der Waals surface area contributed by atoms with Crippen LogP contribution in [-0.4, -0.2) is 37.7 Å². The van der Waals surface area contributed by atoms with E-state index >= 15 is 0 Å². The molecular formula is C17H22ClN3O3S. The van der Waals surface area contributed by atoms with E-state index < -0.39 is 0 Å². The van der Waals surface area contributed by atoms with E-state index in [1.54, 1.807) is 14.2 Å². The van der Waals surface area contributed by atoms with Gasteiger partial charge in [-0.25, -0.2) is 4.98 Å². The van der Waals surface area contributed by atoms with Gasteiger partial charge in [-0.2, -0.15) is 0 Å². The van der Waals surface area contributed by atoms with Gasteiger partial charge in [0.25, 0.3) is 0 Å². The molecule has 0 spiro atoms. The van der Waals surface area contributed by atoms with Crippen molar-refractivity contribution in [1.29, 1.82) is 0 Å². The number of anilines is 1. The summed E-state index contributed by atoms with van der Waals surface area (Å²) in [5.41, 5.74) is 1.72. The van der Waals surface area contributed by atoms with Gasteiger partial charge >= 0.3 is 0 Å². The second kappa shape index (κ2) is 9.03. The van der Waals surface area contributed by atoms with Crippen molar-refractivity contribution < 1.29 is 14.3 Å². The topological polar surface area (TPSA) is 72.5 Å².